The first kappa shape index (κ1) is 20.5. The van der Waals surface area contributed by atoms with Gasteiger partial charge in [0.15, 0.2) is 5.82 Å². The lowest BCUT2D eigenvalue weighted by atomic mass is 10.1. The van der Waals surface area contributed by atoms with Crippen LogP contribution in [0.1, 0.15) is 56.7 Å². The summed E-state index contributed by atoms with van der Waals surface area (Å²) < 4.78 is 6.78. The van der Waals surface area contributed by atoms with Crippen molar-refractivity contribution in [3.8, 4) is 17.0 Å². The quantitative estimate of drug-likeness (QED) is 0.546. The molecule has 3 aromatic rings. The van der Waals surface area contributed by atoms with E-state index in [4.69, 9.17) is 19.9 Å². The van der Waals surface area contributed by atoms with Crippen LogP contribution in [0, 0.1) is 0 Å². The van der Waals surface area contributed by atoms with Crippen molar-refractivity contribution in [3.05, 3.63) is 59.8 Å². The van der Waals surface area contributed by atoms with Crippen LogP contribution in [-0.4, -0.2) is 31.0 Å². The predicted molar refractivity (Wildman–Crippen MR) is 110 cm³/mol. The molecule has 0 fully saturated rings. The third-order valence-corrected chi connectivity index (χ3v) is 4.59. The zero-order valence-corrected chi connectivity index (χ0v) is 17.0. The van der Waals surface area contributed by atoms with E-state index in [1.807, 2.05) is 28.9 Å². The second kappa shape index (κ2) is 9.32. The smallest absolute Gasteiger partial charge is 0.449 e. The van der Waals surface area contributed by atoms with Crippen LogP contribution in [-0.2, 0) is 13.0 Å². The van der Waals surface area contributed by atoms with Gasteiger partial charge in [0.1, 0.15) is 5.82 Å². The third kappa shape index (κ3) is 5.19. The Morgan fingerprint density at radius 3 is 2.62 bits per heavy atom. The molecule has 2 heterocycles. The first-order valence-corrected chi connectivity index (χ1v) is 9.86. The predicted octanol–water partition coefficient (Wildman–Crippen LogP) is 4.91. The highest BCUT2D eigenvalue weighted by atomic mass is 16.7. The minimum atomic E-state index is -1.38. The number of hydrogen-bond acceptors (Lipinski definition) is 5. The van der Waals surface area contributed by atoms with Gasteiger partial charge in [0.25, 0.3) is 0 Å². The van der Waals surface area contributed by atoms with E-state index >= 15 is 0 Å². The molecule has 7 heteroatoms. The summed E-state index contributed by atoms with van der Waals surface area (Å²) in [6.45, 7) is 7.01. The monoisotopic (exact) mass is 394 g/mol. The number of nitrogens with zero attached hydrogens (tertiary/aromatic N) is 4. The summed E-state index contributed by atoms with van der Waals surface area (Å²) in [6, 6.07) is 11.4. The second-order valence-electron chi connectivity index (χ2n) is 7.22. The number of pyridine rings is 1. The van der Waals surface area contributed by atoms with Crippen molar-refractivity contribution in [3.63, 3.8) is 0 Å². The highest BCUT2D eigenvalue weighted by Gasteiger charge is 2.14. The standard InChI is InChI=1S/C22H26N4O3/c1-4-5-8-19-24-20(15(2)3)25-26(19)14-16-9-11-17(12-10-16)18-7-6-13-23-21(18)29-22(27)28/h6-7,9-13,15H,4-5,8,14H2,1-3H3,(H,27,28). The molecule has 2 aromatic heterocycles. The summed E-state index contributed by atoms with van der Waals surface area (Å²) in [6.07, 6.45) is 3.24. The fraction of sp³-hybridized carbons (Fsp3) is 0.364. The van der Waals surface area contributed by atoms with Crippen LogP contribution in [0.4, 0.5) is 4.79 Å². The van der Waals surface area contributed by atoms with Crippen molar-refractivity contribution in [2.24, 2.45) is 0 Å². The van der Waals surface area contributed by atoms with E-state index in [0.29, 0.717) is 12.1 Å². The zero-order valence-electron chi connectivity index (χ0n) is 17.0. The second-order valence-corrected chi connectivity index (χ2v) is 7.22. The van der Waals surface area contributed by atoms with Gasteiger partial charge >= 0.3 is 6.16 Å². The maximum absolute atomic E-state index is 10.9. The number of hydrogen-bond donors (Lipinski definition) is 1. The van der Waals surface area contributed by atoms with Crippen molar-refractivity contribution in [1.29, 1.82) is 0 Å². The molecule has 0 radical (unpaired) electrons. The van der Waals surface area contributed by atoms with Gasteiger partial charge in [-0.25, -0.2) is 19.4 Å². The molecule has 1 aromatic carbocycles. The molecule has 3 rings (SSSR count). The van der Waals surface area contributed by atoms with Crippen molar-refractivity contribution < 1.29 is 14.6 Å². The van der Waals surface area contributed by atoms with Crippen LogP contribution in [0.25, 0.3) is 11.1 Å². The molecule has 1 N–H and O–H groups in total. The molecular formula is C22H26N4O3. The van der Waals surface area contributed by atoms with Crippen molar-refractivity contribution in [2.45, 2.75) is 52.5 Å². The molecule has 7 nitrogen and oxygen atoms in total. The van der Waals surface area contributed by atoms with Gasteiger partial charge in [-0.2, -0.15) is 5.10 Å². The first-order chi connectivity index (χ1) is 14.0. The zero-order chi connectivity index (χ0) is 20.8. The van der Waals surface area contributed by atoms with Gasteiger partial charge in [0.05, 0.1) is 6.54 Å². The SMILES string of the molecule is CCCCc1nc(C(C)C)nn1Cc1ccc(-c2cccnc2OC(=O)O)cc1. The van der Waals surface area contributed by atoms with Crippen LogP contribution in [0.15, 0.2) is 42.6 Å². The fourth-order valence-corrected chi connectivity index (χ4v) is 3.02. The van der Waals surface area contributed by atoms with Gasteiger partial charge in [-0.1, -0.05) is 51.5 Å². The van der Waals surface area contributed by atoms with Crippen LogP contribution >= 0.6 is 0 Å². The number of unbranched alkanes of at least 4 members (excludes halogenated alkanes) is 1. The number of aromatic nitrogens is 4. The van der Waals surface area contributed by atoms with E-state index in [-0.39, 0.29) is 11.8 Å². The summed E-state index contributed by atoms with van der Waals surface area (Å²) in [5, 5.41) is 13.6. The summed E-state index contributed by atoms with van der Waals surface area (Å²) in [5.41, 5.74) is 2.56. The van der Waals surface area contributed by atoms with Crippen LogP contribution in [0.3, 0.4) is 0 Å². The summed E-state index contributed by atoms with van der Waals surface area (Å²) in [4.78, 5) is 19.6. The van der Waals surface area contributed by atoms with Crippen LogP contribution in [0.5, 0.6) is 5.88 Å². The molecule has 0 atom stereocenters. The lowest BCUT2D eigenvalue weighted by Crippen LogP contribution is -2.07. The molecule has 29 heavy (non-hydrogen) atoms. The van der Waals surface area contributed by atoms with Gasteiger partial charge in [-0.15, -0.1) is 0 Å². The van der Waals surface area contributed by atoms with Gasteiger partial charge in [0, 0.05) is 24.1 Å². The number of carbonyl (C=O) groups is 1. The van der Waals surface area contributed by atoms with Crippen molar-refractivity contribution in [2.75, 3.05) is 0 Å². The lowest BCUT2D eigenvalue weighted by molar-refractivity contribution is 0.143. The minimum Gasteiger partial charge on any atom is -0.449 e. The third-order valence-electron chi connectivity index (χ3n) is 4.59. The first-order valence-electron chi connectivity index (χ1n) is 9.86. The summed E-state index contributed by atoms with van der Waals surface area (Å²) in [7, 11) is 0. The van der Waals surface area contributed by atoms with Gasteiger partial charge in [-0.3, -0.25) is 0 Å². The van der Waals surface area contributed by atoms with Crippen LogP contribution in [0.2, 0.25) is 0 Å². The highest BCUT2D eigenvalue weighted by Crippen LogP contribution is 2.28. The Morgan fingerprint density at radius 2 is 1.97 bits per heavy atom. The molecule has 0 bridgehead atoms. The Kier molecular flexibility index (Phi) is 6.59. The van der Waals surface area contributed by atoms with Gasteiger partial charge in [-0.05, 0) is 29.7 Å². The average Bonchev–Trinajstić information content (AvgIpc) is 3.10. The Balaban J connectivity index is 1.82. The molecular weight excluding hydrogens is 368 g/mol. The fourth-order valence-electron chi connectivity index (χ4n) is 3.02. The molecule has 0 amide bonds. The van der Waals surface area contributed by atoms with Crippen molar-refractivity contribution >= 4 is 6.16 Å². The number of rotatable bonds is 8. The number of aryl methyl sites for hydroxylation is 1. The lowest BCUT2D eigenvalue weighted by Gasteiger charge is -2.09. The largest absolute Gasteiger partial charge is 0.512 e. The minimum absolute atomic E-state index is 0.0763. The Hall–Kier alpha value is -3.22. The van der Waals surface area contributed by atoms with E-state index < -0.39 is 6.16 Å². The van der Waals surface area contributed by atoms with Gasteiger partial charge in [0.2, 0.25) is 5.88 Å². The number of carboxylic acid groups (broad SMARTS) is 1. The van der Waals surface area contributed by atoms with Crippen molar-refractivity contribution in [1.82, 2.24) is 19.7 Å². The molecule has 0 aliphatic carbocycles. The van der Waals surface area contributed by atoms with E-state index in [1.54, 1.807) is 12.1 Å². The molecule has 0 unspecified atom stereocenters. The summed E-state index contributed by atoms with van der Waals surface area (Å²) in [5.74, 6) is 2.26. The summed E-state index contributed by atoms with van der Waals surface area (Å²) >= 11 is 0. The molecule has 0 saturated carbocycles. The number of ether oxygens (including phenoxy) is 1. The molecule has 0 aliphatic heterocycles. The molecule has 0 aliphatic rings. The Morgan fingerprint density at radius 1 is 1.21 bits per heavy atom. The van der Waals surface area contributed by atoms with E-state index in [1.165, 1.54) is 6.20 Å². The van der Waals surface area contributed by atoms with E-state index in [0.717, 1.165) is 42.0 Å². The average molecular weight is 394 g/mol. The Bertz CT molecular complexity index is 964. The molecule has 0 spiro atoms. The highest BCUT2D eigenvalue weighted by molar-refractivity contribution is 5.72. The topological polar surface area (TPSA) is 90.1 Å². The molecule has 0 saturated heterocycles. The molecule has 152 valence electrons. The Labute approximate surface area is 170 Å². The van der Waals surface area contributed by atoms with E-state index in [2.05, 4.69) is 25.8 Å². The van der Waals surface area contributed by atoms with Gasteiger partial charge < -0.3 is 9.84 Å². The van der Waals surface area contributed by atoms with E-state index in [9.17, 15) is 4.79 Å². The maximum atomic E-state index is 10.9. The van der Waals surface area contributed by atoms with Crippen LogP contribution < -0.4 is 4.74 Å². The normalized spacial score (nSPS) is 11.0. The number of benzene rings is 1. The maximum Gasteiger partial charge on any atom is 0.512 e.